The summed E-state index contributed by atoms with van der Waals surface area (Å²) in [6.07, 6.45) is 0. The zero-order chi connectivity index (χ0) is 14.9. The molecule has 2 aromatic rings. The minimum Gasteiger partial charge on any atom is -0.339 e. The van der Waals surface area contributed by atoms with Crippen LogP contribution in [0.4, 0.5) is 11.5 Å². The summed E-state index contributed by atoms with van der Waals surface area (Å²) in [5.74, 6) is 1.49. The first-order valence-corrected chi connectivity index (χ1v) is 8.00. The van der Waals surface area contributed by atoms with Gasteiger partial charge in [-0.2, -0.15) is 0 Å². The Labute approximate surface area is 140 Å². The highest BCUT2D eigenvalue weighted by molar-refractivity contribution is 9.10. The Morgan fingerprint density at radius 2 is 1.85 bits per heavy atom. The van der Waals surface area contributed by atoms with Gasteiger partial charge in [-0.05, 0) is 44.0 Å². The molecule has 1 heterocycles. The van der Waals surface area contributed by atoms with Crippen LogP contribution in [0.3, 0.4) is 0 Å². The third-order valence-electron chi connectivity index (χ3n) is 2.58. The van der Waals surface area contributed by atoms with E-state index >= 15 is 0 Å². The van der Waals surface area contributed by atoms with Gasteiger partial charge >= 0.3 is 0 Å². The van der Waals surface area contributed by atoms with E-state index in [9.17, 15) is 0 Å². The number of hydrogen-bond acceptors (Lipinski definition) is 3. The molecule has 3 nitrogen and oxygen atoms in total. The second kappa shape index (κ2) is 6.00. The highest BCUT2D eigenvalue weighted by Gasteiger charge is 2.19. The molecule has 0 saturated heterocycles. The van der Waals surface area contributed by atoms with E-state index in [2.05, 4.69) is 67.9 Å². The molecule has 106 valence electrons. The van der Waals surface area contributed by atoms with Crippen molar-refractivity contribution < 1.29 is 0 Å². The van der Waals surface area contributed by atoms with Gasteiger partial charge in [-0.25, -0.2) is 9.97 Å². The Morgan fingerprint density at radius 3 is 2.50 bits per heavy atom. The number of hydrogen-bond donors (Lipinski definition) is 1. The molecule has 0 amide bonds. The second-order valence-corrected chi connectivity index (χ2v) is 7.39. The maximum atomic E-state index is 6.09. The van der Waals surface area contributed by atoms with E-state index in [-0.39, 0.29) is 5.41 Å². The predicted molar refractivity (Wildman–Crippen MR) is 90.9 cm³/mol. The second-order valence-electron chi connectivity index (χ2n) is 5.38. The molecular weight excluding hydrogens is 405 g/mol. The zero-order valence-electron chi connectivity index (χ0n) is 11.3. The van der Waals surface area contributed by atoms with Crippen LogP contribution in [0.2, 0.25) is 5.02 Å². The van der Waals surface area contributed by atoms with Gasteiger partial charge in [0, 0.05) is 11.5 Å². The fraction of sp³-hybridized carbons (Fsp3) is 0.286. The number of aromatic nitrogens is 2. The van der Waals surface area contributed by atoms with Crippen LogP contribution in [0.1, 0.15) is 26.6 Å². The molecule has 0 spiro atoms. The highest BCUT2D eigenvalue weighted by Crippen LogP contribution is 2.32. The molecule has 20 heavy (non-hydrogen) atoms. The lowest BCUT2D eigenvalue weighted by molar-refractivity contribution is 0.544. The van der Waals surface area contributed by atoms with E-state index in [1.54, 1.807) is 0 Å². The van der Waals surface area contributed by atoms with Crippen LogP contribution in [0.25, 0.3) is 0 Å². The van der Waals surface area contributed by atoms with E-state index in [4.69, 9.17) is 11.6 Å². The van der Waals surface area contributed by atoms with Crippen LogP contribution in [-0.4, -0.2) is 9.97 Å². The number of halogens is 3. The lowest BCUT2D eigenvalue weighted by Gasteiger charge is -2.18. The minimum absolute atomic E-state index is 0.119. The summed E-state index contributed by atoms with van der Waals surface area (Å²) in [5.41, 5.74) is 0.745. The first-order chi connectivity index (χ1) is 9.27. The first kappa shape index (κ1) is 15.7. The zero-order valence-corrected chi connectivity index (χ0v) is 15.3. The summed E-state index contributed by atoms with van der Waals surface area (Å²) in [5, 5.41) is 3.91. The largest absolute Gasteiger partial charge is 0.339 e. The molecule has 0 bridgehead atoms. The standard InChI is InChI=1S/C14H14Br2ClN3/c1-14(2,3)13-19-10(15)7-11(20-13)18-9-6-4-5-8(17)12(9)16/h4-7H,1-3H3,(H,18,19,20). The molecule has 0 unspecified atom stereocenters. The maximum Gasteiger partial charge on any atom is 0.137 e. The summed E-state index contributed by atoms with van der Waals surface area (Å²) in [4.78, 5) is 8.97. The van der Waals surface area contributed by atoms with Crippen molar-refractivity contribution in [3.63, 3.8) is 0 Å². The number of anilines is 2. The van der Waals surface area contributed by atoms with Crippen molar-refractivity contribution in [2.75, 3.05) is 5.32 Å². The molecule has 0 aliphatic rings. The van der Waals surface area contributed by atoms with Crippen molar-refractivity contribution in [3.8, 4) is 0 Å². The molecule has 0 atom stereocenters. The van der Waals surface area contributed by atoms with Crippen LogP contribution in [0.5, 0.6) is 0 Å². The molecule has 6 heteroatoms. The van der Waals surface area contributed by atoms with Gasteiger partial charge in [-0.15, -0.1) is 0 Å². The molecule has 0 aliphatic carbocycles. The number of nitrogens with one attached hydrogen (secondary N) is 1. The van der Waals surface area contributed by atoms with Gasteiger partial charge in [0.1, 0.15) is 16.2 Å². The average Bonchev–Trinajstić information content (AvgIpc) is 2.33. The van der Waals surface area contributed by atoms with Gasteiger partial charge < -0.3 is 5.32 Å². The summed E-state index contributed by atoms with van der Waals surface area (Å²) < 4.78 is 1.56. The summed E-state index contributed by atoms with van der Waals surface area (Å²) in [6.45, 7) is 6.23. The van der Waals surface area contributed by atoms with E-state index in [0.29, 0.717) is 5.02 Å². The maximum absolute atomic E-state index is 6.09. The van der Waals surface area contributed by atoms with Crippen LogP contribution in [0, 0.1) is 0 Å². The van der Waals surface area contributed by atoms with Crippen molar-refractivity contribution in [1.29, 1.82) is 0 Å². The van der Waals surface area contributed by atoms with Gasteiger partial charge in [0.15, 0.2) is 0 Å². The van der Waals surface area contributed by atoms with Crippen LogP contribution in [-0.2, 0) is 5.41 Å². The fourth-order valence-electron chi connectivity index (χ4n) is 1.56. The predicted octanol–water partition coefficient (Wildman–Crippen LogP) is 5.70. The van der Waals surface area contributed by atoms with Crippen molar-refractivity contribution in [1.82, 2.24) is 9.97 Å². The Morgan fingerprint density at radius 1 is 1.15 bits per heavy atom. The minimum atomic E-state index is -0.119. The Bertz CT molecular complexity index is 639. The molecule has 0 radical (unpaired) electrons. The van der Waals surface area contributed by atoms with Gasteiger partial charge in [0.25, 0.3) is 0 Å². The summed E-state index contributed by atoms with van der Waals surface area (Å²) >= 11 is 13.0. The number of rotatable bonds is 2. The van der Waals surface area contributed by atoms with E-state index in [0.717, 1.165) is 26.4 Å². The SMILES string of the molecule is CC(C)(C)c1nc(Br)cc(Nc2cccc(Cl)c2Br)n1. The van der Waals surface area contributed by atoms with Crippen LogP contribution in [0.15, 0.2) is 33.3 Å². The molecule has 1 aromatic carbocycles. The van der Waals surface area contributed by atoms with Crippen LogP contribution >= 0.6 is 43.5 Å². The van der Waals surface area contributed by atoms with Crippen molar-refractivity contribution in [2.45, 2.75) is 26.2 Å². The van der Waals surface area contributed by atoms with Gasteiger partial charge in [-0.3, -0.25) is 0 Å². The van der Waals surface area contributed by atoms with Crippen LogP contribution < -0.4 is 5.32 Å². The lowest BCUT2D eigenvalue weighted by atomic mass is 9.96. The van der Waals surface area contributed by atoms with Crippen molar-refractivity contribution in [3.05, 3.63) is 44.2 Å². The number of benzene rings is 1. The normalized spacial score (nSPS) is 11.5. The fourth-order valence-corrected chi connectivity index (χ4v) is 2.48. The molecule has 1 aromatic heterocycles. The van der Waals surface area contributed by atoms with E-state index in [1.807, 2.05) is 24.3 Å². The quantitative estimate of drug-likeness (QED) is 0.635. The van der Waals surface area contributed by atoms with Gasteiger partial charge in [0.05, 0.1) is 15.2 Å². The van der Waals surface area contributed by atoms with E-state index in [1.165, 1.54) is 0 Å². The van der Waals surface area contributed by atoms with Crippen molar-refractivity contribution >= 4 is 55.0 Å². The molecule has 2 rings (SSSR count). The Kier molecular flexibility index (Phi) is 4.72. The molecule has 0 fully saturated rings. The van der Waals surface area contributed by atoms with E-state index < -0.39 is 0 Å². The number of nitrogens with zero attached hydrogens (tertiary/aromatic N) is 2. The molecular formula is C14H14Br2ClN3. The highest BCUT2D eigenvalue weighted by atomic mass is 79.9. The molecule has 0 aliphatic heterocycles. The third kappa shape index (κ3) is 3.71. The molecule has 0 saturated carbocycles. The summed E-state index contributed by atoms with van der Waals surface area (Å²) in [7, 11) is 0. The first-order valence-electron chi connectivity index (χ1n) is 6.03. The topological polar surface area (TPSA) is 37.8 Å². The molecule has 1 N–H and O–H groups in total. The Balaban J connectivity index is 2.39. The monoisotopic (exact) mass is 417 g/mol. The van der Waals surface area contributed by atoms with Gasteiger partial charge in [-0.1, -0.05) is 38.4 Å². The lowest BCUT2D eigenvalue weighted by Crippen LogP contribution is -2.16. The third-order valence-corrected chi connectivity index (χ3v) is 4.38. The summed E-state index contributed by atoms with van der Waals surface area (Å²) in [6, 6.07) is 7.48. The smallest absolute Gasteiger partial charge is 0.137 e. The van der Waals surface area contributed by atoms with Gasteiger partial charge in [0.2, 0.25) is 0 Å². The Hall–Kier alpha value is -0.650. The van der Waals surface area contributed by atoms with Crippen molar-refractivity contribution in [2.24, 2.45) is 0 Å². The average molecular weight is 420 g/mol.